The summed E-state index contributed by atoms with van der Waals surface area (Å²) in [5.41, 5.74) is 2.60. The molecule has 1 aromatic carbocycles. The van der Waals surface area contributed by atoms with Crippen molar-refractivity contribution in [1.82, 2.24) is 15.6 Å². The van der Waals surface area contributed by atoms with Crippen LogP contribution in [0.4, 0.5) is 10.2 Å². The number of rotatable bonds is 6. The summed E-state index contributed by atoms with van der Waals surface area (Å²) in [7, 11) is 0. The van der Waals surface area contributed by atoms with Crippen molar-refractivity contribution in [1.29, 1.82) is 0 Å². The van der Waals surface area contributed by atoms with Crippen molar-refractivity contribution >= 4 is 11.8 Å². The molecule has 1 unspecified atom stereocenters. The number of nitrogens with one attached hydrogen (secondary N) is 2. The zero-order chi connectivity index (χ0) is 20.6. The molecule has 2 N–H and O–H groups in total. The van der Waals surface area contributed by atoms with Gasteiger partial charge in [0.05, 0.1) is 25.8 Å². The molecule has 1 aromatic heterocycles. The Kier molecular flexibility index (Phi) is 7.41. The lowest BCUT2D eigenvalue weighted by Gasteiger charge is -2.29. The molecule has 0 bridgehead atoms. The smallest absolute Gasteiger partial charge is 0.192 e. The highest BCUT2D eigenvalue weighted by Gasteiger charge is 2.16. The number of guanidine groups is 1. The Bertz CT molecular complexity index is 836. The maximum absolute atomic E-state index is 13.9. The summed E-state index contributed by atoms with van der Waals surface area (Å²) in [6.45, 7) is 10.1. The van der Waals surface area contributed by atoms with Crippen LogP contribution >= 0.6 is 0 Å². The molecule has 3 rings (SSSR count). The van der Waals surface area contributed by atoms with Crippen LogP contribution in [0.2, 0.25) is 0 Å². The third kappa shape index (κ3) is 5.67. The molecule has 0 spiro atoms. The highest BCUT2D eigenvalue weighted by molar-refractivity contribution is 5.80. The van der Waals surface area contributed by atoms with E-state index < -0.39 is 0 Å². The number of hydrogen-bond donors (Lipinski definition) is 2. The topological polar surface area (TPSA) is 61.8 Å². The summed E-state index contributed by atoms with van der Waals surface area (Å²) in [4.78, 5) is 11.6. The Hall–Kier alpha value is -2.67. The molecule has 1 fully saturated rings. The van der Waals surface area contributed by atoms with Gasteiger partial charge in [0.15, 0.2) is 5.96 Å². The molecule has 1 aliphatic heterocycles. The fraction of sp³-hybridized carbons (Fsp3) is 0.455. The van der Waals surface area contributed by atoms with Crippen LogP contribution in [0.3, 0.4) is 0 Å². The Morgan fingerprint density at radius 1 is 1.31 bits per heavy atom. The van der Waals surface area contributed by atoms with Crippen LogP contribution in [0.5, 0.6) is 0 Å². The van der Waals surface area contributed by atoms with Gasteiger partial charge in [-0.25, -0.2) is 14.4 Å². The van der Waals surface area contributed by atoms with Crippen molar-refractivity contribution in [2.45, 2.75) is 33.4 Å². The number of anilines is 1. The number of benzene rings is 1. The predicted octanol–water partition coefficient (Wildman–Crippen LogP) is 3.18. The van der Waals surface area contributed by atoms with E-state index >= 15 is 0 Å². The standard InChI is InChI=1S/C22H30FN5O/c1-4-24-22(27-17(3)18-8-7-16(2)20(23)14-18)26-15-19-6-5-9-25-21(19)28-10-12-29-13-11-28/h5-9,14,17H,4,10-13,15H2,1-3H3,(H2,24,26,27). The van der Waals surface area contributed by atoms with Crippen molar-refractivity contribution < 1.29 is 9.13 Å². The maximum Gasteiger partial charge on any atom is 0.192 e. The van der Waals surface area contributed by atoms with Gasteiger partial charge in [-0.1, -0.05) is 18.2 Å². The monoisotopic (exact) mass is 399 g/mol. The Balaban J connectivity index is 1.73. The van der Waals surface area contributed by atoms with E-state index in [9.17, 15) is 4.39 Å². The first-order chi connectivity index (χ1) is 14.1. The number of halogens is 1. The Labute approximate surface area is 172 Å². The molecule has 0 saturated carbocycles. The molecule has 1 aliphatic rings. The number of ether oxygens (including phenoxy) is 1. The van der Waals surface area contributed by atoms with E-state index in [1.165, 1.54) is 0 Å². The van der Waals surface area contributed by atoms with Crippen molar-refractivity contribution in [3.05, 3.63) is 59.0 Å². The van der Waals surface area contributed by atoms with Gasteiger partial charge in [0, 0.05) is 31.4 Å². The molecular formula is C22H30FN5O. The number of nitrogens with zero attached hydrogens (tertiary/aromatic N) is 3. The largest absolute Gasteiger partial charge is 0.378 e. The minimum Gasteiger partial charge on any atom is -0.378 e. The van der Waals surface area contributed by atoms with Crippen molar-refractivity contribution in [3.63, 3.8) is 0 Å². The SMILES string of the molecule is CCNC(=NCc1cccnc1N1CCOCC1)NC(C)c1ccc(C)c(F)c1. The molecule has 1 atom stereocenters. The van der Waals surface area contributed by atoms with E-state index in [0.29, 0.717) is 31.3 Å². The maximum atomic E-state index is 13.9. The van der Waals surface area contributed by atoms with E-state index in [4.69, 9.17) is 9.73 Å². The number of aromatic nitrogens is 1. The highest BCUT2D eigenvalue weighted by Crippen LogP contribution is 2.20. The predicted molar refractivity (Wildman–Crippen MR) is 115 cm³/mol. The van der Waals surface area contributed by atoms with Gasteiger partial charge in [0.1, 0.15) is 11.6 Å². The molecule has 0 amide bonds. The molecule has 2 aromatic rings. The molecule has 6 nitrogen and oxygen atoms in total. The summed E-state index contributed by atoms with van der Waals surface area (Å²) in [5, 5.41) is 6.64. The number of aryl methyl sites for hydroxylation is 1. The van der Waals surface area contributed by atoms with Crippen LogP contribution < -0.4 is 15.5 Å². The summed E-state index contributed by atoms with van der Waals surface area (Å²) in [5.74, 6) is 1.46. The fourth-order valence-electron chi connectivity index (χ4n) is 3.26. The van der Waals surface area contributed by atoms with Crippen molar-refractivity contribution in [3.8, 4) is 0 Å². The molecule has 156 valence electrons. The Morgan fingerprint density at radius 3 is 2.83 bits per heavy atom. The second kappa shape index (κ2) is 10.2. The summed E-state index contributed by atoms with van der Waals surface area (Å²) >= 11 is 0. The fourth-order valence-corrected chi connectivity index (χ4v) is 3.26. The summed E-state index contributed by atoms with van der Waals surface area (Å²) in [6, 6.07) is 9.25. The molecule has 0 radical (unpaired) electrons. The molecule has 1 saturated heterocycles. The third-order valence-electron chi connectivity index (χ3n) is 4.98. The van der Waals surface area contributed by atoms with Gasteiger partial charge >= 0.3 is 0 Å². The lowest BCUT2D eigenvalue weighted by atomic mass is 10.1. The zero-order valence-corrected chi connectivity index (χ0v) is 17.4. The second-order valence-electron chi connectivity index (χ2n) is 7.16. The first-order valence-electron chi connectivity index (χ1n) is 10.2. The Morgan fingerprint density at radius 2 is 2.10 bits per heavy atom. The van der Waals surface area contributed by atoms with E-state index in [0.717, 1.165) is 36.6 Å². The average Bonchev–Trinajstić information content (AvgIpc) is 2.75. The normalized spacial score (nSPS) is 15.9. The number of hydrogen-bond acceptors (Lipinski definition) is 4. The minimum absolute atomic E-state index is 0.0736. The highest BCUT2D eigenvalue weighted by atomic mass is 19.1. The van der Waals surface area contributed by atoms with Gasteiger partial charge in [-0.2, -0.15) is 0 Å². The summed E-state index contributed by atoms with van der Waals surface area (Å²) in [6.07, 6.45) is 1.81. The van der Waals surface area contributed by atoms with E-state index in [2.05, 4.69) is 26.6 Å². The number of pyridine rings is 1. The minimum atomic E-state index is -0.191. The van der Waals surface area contributed by atoms with Crippen LogP contribution in [0.25, 0.3) is 0 Å². The first kappa shape index (κ1) is 21.0. The van der Waals surface area contributed by atoms with Gasteiger partial charge < -0.3 is 20.3 Å². The van der Waals surface area contributed by atoms with E-state index in [1.807, 2.05) is 32.2 Å². The van der Waals surface area contributed by atoms with Crippen molar-refractivity contribution in [2.24, 2.45) is 4.99 Å². The van der Waals surface area contributed by atoms with Gasteiger partial charge in [0.25, 0.3) is 0 Å². The molecular weight excluding hydrogens is 369 g/mol. The third-order valence-corrected chi connectivity index (χ3v) is 4.98. The first-order valence-corrected chi connectivity index (χ1v) is 10.2. The molecule has 29 heavy (non-hydrogen) atoms. The average molecular weight is 400 g/mol. The second-order valence-corrected chi connectivity index (χ2v) is 7.16. The van der Waals surface area contributed by atoms with Crippen LogP contribution in [-0.2, 0) is 11.3 Å². The zero-order valence-electron chi connectivity index (χ0n) is 17.4. The molecule has 2 heterocycles. The van der Waals surface area contributed by atoms with Gasteiger partial charge in [0.2, 0.25) is 0 Å². The quantitative estimate of drug-likeness (QED) is 0.577. The summed E-state index contributed by atoms with van der Waals surface area (Å²) < 4.78 is 19.4. The molecule has 0 aliphatic carbocycles. The van der Waals surface area contributed by atoms with Gasteiger partial charge in [-0.3, -0.25) is 0 Å². The lowest BCUT2D eigenvalue weighted by Crippen LogP contribution is -2.39. The van der Waals surface area contributed by atoms with Crippen molar-refractivity contribution in [2.75, 3.05) is 37.7 Å². The van der Waals surface area contributed by atoms with Crippen LogP contribution in [0, 0.1) is 12.7 Å². The molecule has 7 heteroatoms. The van der Waals surface area contributed by atoms with E-state index in [1.54, 1.807) is 19.1 Å². The van der Waals surface area contributed by atoms with E-state index in [-0.39, 0.29) is 11.9 Å². The van der Waals surface area contributed by atoms with Gasteiger partial charge in [-0.05, 0) is 44.0 Å². The lowest BCUT2D eigenvalue weighted by molar-refractivity contribution is 0.122. The number of aliphatic imine (C=N–C) groups is 1. The van der Waals surface area contributed by atoms with Crippen LogP contribution in [-0.4, -0.2) is 43.8 Å². The van der Waals surface area contributed by atoms with Crippen LogP contribution in [0.1, 0.15) is 36.6 Å². The van der Waals surface area contributed by atoms with Gasteiger partial charge in [-0.15, -0.1) is 0 Å². The van der Waals surface area contributed by atoms with Crippen LogP contribution in [0.15, 0.2) is 41.5 Å². The number of morpholine rings is 1.